The third-order valence-corrected chi connectivity index (χ3v) is 4.37. The van der Waals surface area contributed by atoms with Gasteiger partial charge in [0.15, 0.2) is 11.5 Å². The van der Waals surface area contributed by atoms with Gasteiger partial charge in [0.25, 0.3) is 5.91 Å². The molecule has 20 heavy (non-hydrogen) atoms. The van der Waals surface area contributed by atoms with Crippen molar-refractivity contribution in [3.05, 3.63) is 29.8 Å². The topological polar surface area (TPSA) is 45.2 Å². The number of aromatic nitrogens is 1. The highest BCUT2D eigenvalue weighted by Gasteiger charge is 2.31. The molecule has 5 heteroatoms. The zero-order chi connectivity index (χ0) is 13.9. The van der Waals surface area contributed by atoms with Crippen molar-refractivity contribution in [3.63, 3.8) is 0 Å². The Morgan fingerprint density at radius 1 is 1.35 bits per heavy atom. The molecule has 108 valence electrons. The van der Waals surface area contributed by atoms with E-state index >= 15 is 0 Å². The Labute approximate surface area is 118 Å². The maximum Gasteiger partial charge on any atom is 0.273 e. The fourth-order valence-electron chi connectivity index (χ4n) is 3.31. The highest BCUT2D eigenvalue weighted by atomic mass is 19.1. The summed E-state index contributed by atoms with van der Waals surface area (Å²) in [6, 6.07) is 3.55. The van der Waals surface area contributed by atoms with Crippen molar-refractivity contribution in [2.75, 3.05) is 13.1 Å². The fraction of sp³-hybridized carbons (Fsp3) is 0.600. The molecule has 2 fully saturated rings. The van der Waals surface area contributed by atoms with Gasteiger partial charge < -0.3 is 5.32 Å². The first kappa shape index (κ1) is 13.5. The van der Waals surface area contributed by atoms with Crippen LogP contribution in [0.1, 0.15) is 42.6 Å². The first-order chi connectivity index (χ1) is 9.74. The summed E-state index contributed by atoms with van der Waals surface area (Å²) < 4.78 is 13.5. The van der Waals surface area contributed by atoms with Gasteiger partial charge in [-0.15, -0.1) is 0 Å². The van der Waals surface area contributed by atoms with E-state index in [-0.39, 0.29) is 11.7 Å². The molecule has 1 unspecified atom stereocenters. The number of carbonyl (C=O) groups excluding carboxylic acids is 1. The molecule has 1 aliphatic carbocycles. The standard InChI is InChI=1S/C15H20FN3O/c16-13-6-3-8-17-14(13)15(20)18-11-7-9-19(10-11)12-4-1-2-5-12/h3,6,8,11-12H,1-2,4-5,7,9-10H2,(H,18,20). The Morgan fingerprint density at radius 2 is 2.15 bits per heavy atom. The SMILES string of the molecule is O=C(NC1CCN(C2CCCC2)C1)c1ncccc1F. The quantitative estimate of drug-likeness (QED) is 0.918. The van der Waals surface area contributed by atoms with Gasteiger partial charge in [-0.1, -0.05) is 12.8 Å². The number of hydrogen-bond donors (Lipinski definition) is 1. The summed E-state index contributed by atoms with van der Waals surface area (Å²) >= 11 is 0. The van der Waals surface area contributed by atoms with Crippen LogP contribution in [-0.2, 0) is 0 Å². The average Bonchev–Trinajstić information content (AvgIpc) is 3.09. The van der Waals surface area contributed by atoms with Crippen molar-refractivity contribution < 1.29 is 9.18 Å². The van der Waals surface area contributed by atoms with E-state index in [1.54, 1.807) is 0 Å². The predicted molar refractivity (Wildman–Crippen MR) is 73.9 cm³/mol. The summed E-state index contributed by atoms with van der Waals surface area (Å²) in [6.45, 7) is 1.91. The van der Waals surface area contributed by atoms with E-state index in [1.807, 2.05) is 0 Å². The molecule has 0 bridgehead atoms. The van der Waals surface area contributed by atoms with Gasteiger partial charge in [0.2, 0.25) is 0 Å². The molecule has 2 heterocycles. The number of rotatable bonds is 3. The minimum absolute atomic E-state index is 0.105. The van der Waals surface area contributed by atoms with E-state index in [4.69, 9.17) is 0 Å². The normalized spacial score (nSPS) is 24.1. The lowest BCUT2D eigenvalue weighted by molar-refractivity contribution is 0.0926. The first-order valence-electron chi connectivity index (χ1n) is 7.39. The van der Waals surface area contributed by atoms with Gasteiger partial charge in [-0.3, -0.25) is 9.69 Å². The summed E-state index contributed by atoms with van der Waals surface area (Å²) in [7, 11) is 0. The van der Waals surface area contributed by atoms with Crippen molar-refractivity contribution in [1.82, 2.24) is 15.2 Å². The van der Waals surface area contributed by atoms with Gasteiger partial charge in [0.05, 0.1) is 0 Å². The monoisotopic (exact) mass is 277 g/mol. The lowest BCUT2D eigenvalue weighted by Gasteiger charge is -2.23. The minimum Gasteiger partial charge on any atom is -0.347 e. The van der Waals surface area contributed by atoms with Crippen molar-refractivity contribution in [3.8, 4) is 0 Å². The molecule has 1 aliphatic heterocycles. The van der Waals surface area contributed by atoms with E-state index in [0.29, 0.717) is 6.04 Å². The molecule has 4 nitrogen and oxygen atoms in total. The Kier molecular flexibility index (Phi) is 3.96. The molecule has 0 radical (unpaired) electrons. The van der Waals surface area contributed by atoms with E-state index in [9.17, 15) is 9.18 Å². The highest BCUT2D eigenvalue weighted by molar-refractivity contribution is 5.92. The van der Waals surface area contributed by atoms with Crippen LogP contribution < -0.4 is 5.32 Å². The van der Waals surface area contributed by atoms with Crippen LogP contribution >= 0.6 is 0 Å². The number of halogens is 1. The lowest BCUT2D eigenvalue weighted by atomic mass is 10.2. The second kappa shape index (κ2) is 5.87. The molecule has 2 aliphatic rings. The van der Waals surface area contributed by atoms with E-state index < -0.39 is 11.7 Å². The molecule has 1 saturated carbocycles. The average molecular weight is 277 g/mol. The van der Waals surface area contributed by atoms with Crippen molar-refractivity contribution in [2.24, 2.45) is 0 Å². The zero-order valence-electron chi connectivity index (χ0n) is 11.5. The summed E-state index contributed by atoms with van der Waals surface area (Å²) in [5.74, 6) is -0.961. The van der Waals surface area contributed by atoms with Crippen molar-refractivity contribution in [1.29, 1.82) is 0 Å². The third kappa shape index (κ3) is 2.82. The van der Waals surface area contributed by atoms with Gasteiger partial charge in [-0.2, -0.15) is 0 Å². The molecule has 1 amide bonds. The molecule has 1 saturated heterocycles. The van der Waals surface area contributed by atoms with Crippen molar-refractivity contribution >= 4 is 5.91 Å². The lowest BCUT2D eigenvalue weighted by Crippen LogP contribution is -2.39. The minimum atomic E-state index is -0.560. The van der Waals surface area contributed by atoms with E-state index in [2.05, 4.69) is 15.2 Å². The second-order valence-corrected chi connectivity index (χ2v) is 5.73. The van der Waals surface area contributed by atoms with E-state index in [0.717, 1.165) is 19.5 Å². The highest BCUT2D eigenvalue weighted by Crippen LogP contribution is 2.26. The molecule has 1 aromatic rings. The summed E-state index contributed by atoms with van der Waals surface area (Å²) in [5.41, 5.74) is -0.105. The Morgan fingerprint density at radius 3 is 2.90 bits per heavy atom. The van der Waals surface area contributed by atoms with Crippen LogP contribution in [0.3, 0.4) is 0 Å². The van der Waals surface area contributed by atoms with Crippen molar-refractivity contribution in [2.45, 2.75) is 44.2 Å². The maximum atomic E-state index is 13.5. The summed E-state index contributed by atoms with van der Waals surface area (Å²) in [6.07, 6.45) is 7.56. The van der Waals surface area contributed by atoms with Crippen LogP contribution in [0.15, 0.2) is 18.3 Å². The fourth-order valence-corrected chi connectivity index (χ4v) is 3.31. The van der Waals surface area contributed by atoms with Gasteiger partial charge in [-0.25, -0.2) is 9.37 Å². The van der Waals surface area contributed by atoms with Crippen LogP contribution in [0.25, 0.3) is 0 Å². The van der Waals surface area contributed by atoms with Gasteiger partial charge in [0.1, 0.15) is 0 Å². The molecule has 0 aromatic carbocycles. The maximum absolute atomic E-state index is 13.5. The van der Waals surface area contributed by atoms with Crippen LogP contribution in [0.2, 0.25) is 0 Å². The number of nitrogens with one attached hydrogen (secondary N) is 1. The molecular formula is C15H20FN3O. The molecule has 0 spiro atoms. The number of carbonyl (C=O) groups is 1. The number of pyridine rings is 1. The predicted octanol–water partition coefficient (Wildman–Crippen LogP) is 1.97. The second-order valence-electron chi connectivity index (χ2n) is 5.73. The van der Waals surface area contributed by atoms with E-state index in [1.165, 1.54) is 44.0 Å². The smallest absolute Gasteiger partial charge is 0.273 e. The number of hydrogen-bond acceptors (Lipinski definition) is 3. The molecule has 1 atom stereocenters. The number of likely N-dealkylation sites (tertiary alicyclic amines) is 1. The zero-order valence-corrected chi connectivity index (χ0v) is 11.5. The van der Waals surface area contributed by atoms with Crippen LogP contribution in [-0.4, -0.2) is 41.0 Å². The van der Waals surface area contributed by atoms with Crippen LogP contribution in [0.5, 0.6) is 0 Å². The summed E-state index contributed by atoms with van der Waals surface area (Å²) in [4.78, 5) is 18.3. The Balaban J connectivity index is 1.56. The number of amides is 1. The largest absolute Gasteiger partial charge is 0.347 e. The third-order valence-electron chi connectivity index (χ3n) is 4.37. The molecule has 1 N–H and O–H groups in total. The first-order valence-corrected chi connectivity index (χ1v) is 7.39. The summed E-state index contributed by atoms with van der Waals surface area (Å²) in [5, 5.41) is 2.91. The van der Waals surface area contributed by atoms with Gasteiger partial charge in [-0.05, 0) is 31.4 Å². The molecular weight excluding hydrogens is 257 g/mol. The molecule has 1 aromatic heterocycles. The Hall–Kier alpha value is -1.49. The van der Waals surface area contributed by atoms with Gasteiger partial charge >= 0.3 is 0 Å². The van der Waals surface area contributed by atoms with Gasteiger partial charge in [0, 0.05) is 31.4 Å². The van der Waals surface area contributed by atoms with Crippen LogP contribution in [0, 0.1) is 5.82 Å². The molecule has 3 rings (SSSR count). The van der Waals surface area contributed by atoms with Crippen LogP contribution in [0.4, 0.5) is 4.39 Å². The Bertz CT molecular complexity index is 488. The number of nitrogens with zero attached hydrogens (tertiary/aromatic N) is 2.